The summed E-state index contributed by atoms with van der Waals surface area (Å²) >= 11 is 1.63. The van der Waals surface area contributed by atoms with Crippen molar-refractivity contribution >= 4 is 17.2 Å². The Morgan fingerprint density at radius 1 is 1.27 bits per heavy atom. The predicted molar refractivity (Wildman–Crippen MR) is 86.8 cm³/mol. The predicted octanol–water partition coefficient (Wildman–Crippen LogP) is 3.98. The van der Waals surface area contributed by atoms with Crippen molar-refractivity contribution in [1.82, 2.24) is 10.1 Å². The molecule has 1 aromatic carbocycles. The molecule has 0 saturated carbocycles. The van der Waals surface area contributed by atoms with Crippen molar-refractivity contribution in [3.05, 3.63) is 64.0 Å². The fourth-order valence-corrected chi connectivity index (χ4v) is 3.00. The molecule has 22 heavy (non-hydrogen) atoms. The number of carbonyl (C=O) groups excluding carboxylic acids is 1. The van der Waals surface area contributed by atoms with Crippen molar-refractivity contribution in [2.24, 2.45) is 0 Å². The van der Waals surface area contributed by atoms with E-state index in [9.17, 15) is 4.79 Å². The molecule has 0 saturated heterocycles. The Hall–Kier alpha value is -2.40. The van der Waals surface area contributed by atoms with Gasteiger partial charge in [-0.3, -0.25) is 4.79 Å². The molecular formula is C17H16N2O2S. The molecule has 0 spiro atoms. The number of benzene rings is 1. The first-order chi connectivity index (χ1) is 10.7. The van der Waals surface area contributed by atoms with Gasteiger partial charge >= 0.3 is 0 Å². The summed E-state index contributed by atoms with van der Waals surface area (Å²) in [6.07, 6.45) is 0. The molecular weight excluding hydrogens is 296 g/mol. The number of nitrogens with zero attached hydrogens (tertiary/aromatic N) is 2. The number of hydrogen-bond donors (Lipinski definition) is 0. The zero-order valence-corrected chi connectivity index (χ0v) is 13.3. The van der Waals surface area contributed by atoms with Crippen LogP contribution < -0.4 is 0 Å². The van der Waals surface area contributed by atoms with Crippen LogP contribution in [0.25, 0.3) is 11.3 Å². The minimum atomic E-state index is -0.0798. The molecule has 0 N–H and O–H groups in total. The molecule has 5 heteroatoms. The summed E-state index contributed by atoms with van der Waals surface area (Å²) in [6.45, 7) is 2.34. The molecule has 2 aromatic heterocycles. The number of aryl methyl sites for hydroxylation is 1. The van der Waals surface area contributed by atoms with Gasteiger partial charge in [-0.2, -0.15) is 11.3 Å². The van der Waals surface area contributed by atoms with Crippen LogP contribution in [0.5, 0.6) is 0 Å². The number of amides is 1. The molecule has 0 aliphatic rings. The Balaban J connectivity index is 1.91. The van der Waals surface area contributed by atoms with Gasteiger partial charge in [-0.1, -0.05) is 35.5 Å². The molecule has 1 amide bonds. The van der Waals surface area contributed by atoms with E-state index in [0.717, 1.165) is 11.1 Å². The smallest absolute Gasteiger partial charge is 0.259 e. The summed E-state index contributed by atoms with van der Waals surface area (Å²) in [5, 5.41) is 8.12. The van der Waals surface area contributed by atoms with Gasteiger partial charge in [0.2, 0.25) is 0 Å². The number of carbonyl (C=O) groups is 1. The Labute approximate surface area is 133 Å². The second kappa shape index (κ2) is 6.15. The maximum absolute atomic E-state index is 12.8. The molecule has 0 radical (unpaired) electrons. The lowest BCUT2D eigenvalue weighted by atomic mass is 10.1. The maximum atomic E-state index is 12.8. The van der Waals surface area contributed by atoms with Crippen LogP contribution in [-0.4, -0.2) is 23.0 Å². The first-order valence-corrected chi connectivity index (χ1v) is 7.89. The lowest BCUT2D eigenvalue weighted by molar-refractivity contribution is 0.0784. The third-order valence-corrected chi connectivity index (χ3v) is 4.20. The third-order valence-electron chi connectivity index (χ3n) is 3.47. The Bertz CT molecular complexity index is 763. The van der Waals surface area contributed by atoms with E-state index >= 15 is 0 Å². The van der Waals surface area contributed by atoms with Crippen molar-refractivity contribution in [3.8, 4) is 11.3 Å². The molecule has 3 aromatic rings. The van der Waals surface area contributed by atoms with Crippen LogP contribution in [0.1, 0.15) is 21.7 Å². The Morgan fingerprint density at radius 3 is 2.73 bits per heavy atom. The van der Waals surface area contributed by atoms with E-state index in [1.54, 1.807) is 30.2 Å². The summed E-state index contributed by atoms with van der Waals surface area (Å²) in [5.41, 5.74) is 3.13. The minimum Gasteiger partial charge on any atom is -0.360 e. The topological polar surface area (TPSA) is 46.3 Å². The molecule has 0 atom stereocenters. The summed E-state index contributed by atoms with van der Waals surface area (Å²) in [6, 6.07) is 11.6. The van der Waals surface area contributed by atoms with E-state index in [1.165, 1.54) is 0 Å². The van der Waals surface area contributed by atoms with Gasteiger partial charge in [-0.25, -0.2) is 0 Å². The van der Waals surface area contributed by atoms with Gasteiger partial charge in [-0.15, -0.1) is 0 Å². The van der Waals surface area contributed by atoms with Crippen LogP contribution in [-0.2, 0) is 6.54 Å². The second-order valence-corrected chi connectivity index (χ2v) is 5.90. The van der Waals surface area contributed by atoms with E-state index in [2.05, 4.69) is 5.16 Å². The van der Waals surface area contributed by atoms with Crippen LogP contribution in [0.2, 0.25) is 0 Å². The fourth-order valence-electron chi connectivity index (χ4n) is 2.34. The first kappa shape index (κ1) is 14.5. The van der Waals surface area contributed by atoms with Crippen LogP contribution in [0, 0.1) is 6.92 Å². The summed E-state index contributed by atoms with van der Waals surface area (Å²) in [5.74, 6) is 0.463. The molecule has 0 bridgehead atoms. The average Bonchev–Trinajstić information content (AvgIpc) is 3.17. The summed E-state index contributed by atoms with van der Waals surface area (Å²) in [4.78, 5) is 14.5. The zero-order chi connectivity index (χ0) is 15.5. The van der Waals surface area contributed by atoms with Crippen molar-refractivity contribution in [1.29, 1.82) is 0 Å². The van der Waals surface area contributed by atoms with Crippen LogP contribution in [0.4, 0.5) is 0 Å². The highest BCUT2D eigenvalue weighted by molar-refractivity contribution is 7.07. The normalized spacial score (nSPS) is 10.6. The molecule has 112 valence electrons. The Morgan fingerprint density at radius 2 is 2.05 bits per heavy atom. The van der Waals surface area contributed by atoms with Crippen molar-refractivity contribution in [2.75, 3.05) is 7.05 Å². The van der Waals surface area contributed by atoms with Crippen LogP contribution in [0.15, 0.2) is 51.7 Å². The van der Waals surface area contributed by atoms with Crippen LogP contribution >= 0.6 is 11.3 Å². The molecule has 2 heterocycles. The summed E-state index contributed by atoms with van der Waals surface area (Å²) in [7, 11) is 1.79. The fraction of sp³-hybridized carbons (Fsp3) is 0.176. The van der Waals surface area contributed by atoms with Crippen LogP contribution in [0.3, 0.4) is 0 Å². The Kier molecular flexibility index (Phi) is 4.06. The minimum absolute atomic E-state index is 0.0798. The summed E-state index contributed by atoms with van der Waals surface area (Å²) < 4.78 is 5.26. The molecule has 0 fully saturated rings. The lowest BCUT2D eigenvalue weighted by Gasteiger charge is -2.16. The quantitative estimate of drug-likeness (QED) is 0.732. The maximum Gasteiger partial charge on any atom is 0.259 e. The van der Waals surface area contributed by atoms with Gasteiger partial charge in [0.1, 0.15) is 17.0 Å². The van der Waals surface area contributed by atoms with Gasteiger partial charge < -0.3 is 9.42 Å². The molecule has 3 rings (SSSR count). The standard InChI is InChI=1S/C17H16N2O2S/c1-12-15(16(18-21-12)14-6-4-3-5-7-14)17(20)19(2)10-13-8-9-22-11-13/h3-9,11H,10H2,1-2H3. The molecule has 4 nitrogen and oxygen atoms in total. The largest absolute Gasteiger partial charge is 0.360 e. The van der Waals surface area contributed by atoms with E-state index < -0.39 is 0 Å². The first-order valence-electron chi connectivity index (χ1n) is 6.95. The van der Waals surface area contributed by atoms with Gasteiger partial charge in [0.05, 0.1) is 0 Å². The van der Waals surface area contributed by atoms with Crippen molar-refractivity contribution < 1.29 is 9.32 Å². The monoisotopic (exact) mass is 312 g/mol. The SMILES string of the molecule is Cc1onc(-c2ccccc2)c1C(=O)N(C)Cc1ccsc1. The lowest BCUT2D eigenvalue weighted by Crippen LogP contribution is -2.26. The van der Waals surface area contributed by atoms with Gasteiger partial charge in [-0.05, 0) is 29.3 Å². The zero-order valence-electron chi connectivity index (χ0n) is 12.4. The highest BCUT2D eigenvalue weighted by Crippen LogP contribution is 2.26. The number of hydrogen-bond acceptors (Lipinski definition) is 4. The highest BCUT2D eigenvalue weighted by atomic mass is 32.1. The number of rotatable bonds is 4. The van der Waals surface area contributed by atoms with Gasteiger partial charge in [0.25, 0.3) is 5.91 Å². The van der Waals surface area contributed by atoms with Gasteiger partial charge in [0.15, 0.2) is 0 Å². The van der Waals surface area contributed by atoms with E-state index in [4.69, 9.17) is 4.52 Å². The van der Waals surface area contributed by atoms with Gasteiger partial charge in [0, 0.05) is 19.2 Å². The third kappa shape index (κ3) is 2.80. The highest BCUT2D eigenvalue weighted by Gasteiger charge is 2.24. The second-order valence-electron chi connectivity index (χ2n) is 5.12. The van der Waals surface area contributed by atoms with E-state index in [1.807, 2.05) is 47.2 Å². The van der Waals surface area contributed by atoms with E-state index in [0.29, 0.717) is 23.6 Å². The molecule has 0 aliphatic heterocycles. The molecule has 0 aliphatic carbocycles. The number of thiophene rings is 1. The van der Waals surface area contributed by atoms with Crippen molar-refractivity contribution in [3.63, 3.8) is 0 Å². The number of aromatic nitrogens is 1. The van der Waals surface area contributed by atoms with E-state index in [-0.39, 0.29) is 5.91 Å². The van der Waals surface area contributed by atoms with Crippen molar-refractivity contribution in [2.45, 2.75) is 13.5 Å². The average molecular weight is 312 g/mol. The molecule has 0 unspecified atom stereocenters.